The van der Waals surface area contributed by atoms with Crippen LogP contribution in [0.2, 0.25) is 0 Å². The van der Waals surface area contributed by atoms with Gasteiger partial charge in [-0.3, -0.25) is 4.99 Å². The van der Waals surface area contributed by atoms with E-state index in [0.29, 0.717) is 23.8 Å². The van der Waals surface area contributed by atoms with Gasteiger partial charge in [0.05, 0.1) is 5.83 Å². The molecule has 0 bridgehead atoms. The first-order valence-corrected chi connectivity index (χ1v) is 11.1. The van der Waals surface area contributed by atoms with E-state index in [0.717, 1.165) is 43.9 Å². The lowest BCUT2D eigenvalue weighted by Gasteiger charge is -2.33. The molecule has 1 aliphatic heterocycles. The Hall–Kier alpha value is -3.52. The van der Waals surface area contributed by atoms with Crippen molar-refractivity contribution in [2.24, 2.45) is 4.99 Å². The Morgan fingerprint density at radius 1 is 1.24 bits per heavy atom. The van der Waals surface area contributed by atoms with Gasteiger partial charge in [-0.25, -0.2) is 14.4 Å². The zero-order valence-electron chi connectivity index (χ0n) is 19.2. The summed E-state index contributed by atoms with van der Waals surface area (Å²) in [5.74, 6) is 1.61. The van der Waals surface area contributed by atoms with Crippen LogP contribution in [-0.2, 0) is 6.42 Å². The summed E-state index contributed by atoms with van der Waals surface area (Å²) in [6, 6.07) is 10.2. The minimum atomic E-state index is -0.340. The number of H-pyrrole nitrogens is 1. The Kier molecular flexibility index (Phi) is 7.14. The van der Waals surface area contributed by atoms with Gasteiger partial charge in [0.1, 0.15) is 11.6 Å². The van der Waals surface area contributed by atoms with Crippen molar-refractivity contribution in [3.05, 3.63) is 66.0 Å². The number of aromatic amines is 1. The van der Waals surface area contributed by atoms with Crippen molar-refractivity contribution in [1.29, 1.82) is 0 Å². The van der Waals surface area contributed by atoms with Gasteiger partial charge in [0.25, 0.3) is 0 Å². The fourth-order valence-corrected chi connectivity index (χ4v) is 3.99. The number of piperazine rings is 1. The van der Waals surface area contributed by atoms with Gasteiger partial charge in [-0.1, -0.05) is 18.2 Å². The molecule has 0 amide bonds. The molecule has 0 aliphatic carbocycles. The first kappa shape index (κ1) is 22.7. The van der Waals surface area contributed by atoms with Crippen molar-refractivity contribution in [3.63, 3.8) is 0 Å². The molecule has 3 heterocycles. The molecule has 0 spiro atoms. The number of benzene rings is 1. The molecule has 3 aromatic rings. The molecule has 1 aromatic carbocycles. The van der Waals surface area contributed by atoms with Gasteiger partial charge in [-0.2, -0.15) is 0 Å². The van der Waals surface area contributed by atoms with E-state index in [1.54, 1.807) is 0 Å². The van der Waals surface area contributed by atoms with Crippen LogP contribution in [0.4, 0.5) is 16.0 Å². The van der Waals surface area contributed by atoms with Crippen LogP contribution in [0.5, 0.6) is 0 Å². The van der Waals surface area contributed by atoms with Crippen molar-refractivity contribution in [3.8, 4) is 0 Å². The Bertz CT molecular complexity index is 1170. The molecule has 7 nitrogen and oxygen atoms in total. The number of allylic oxidation sites excluding steroid dienone is 3. The molecule has 0 unspecified atom stereocenters. The number of aliphatic imine (C=N–C) groups is 1. The van der Waals surface area contributed by atoms with Crippen LogP contribution in [-0.4, -0.2) is 66.3 Å². The number of hydrogen-bond acceptors (Lipinski definition) is 6. The number of halogens is 1. The van der Waals surface area contributed by atoms with Crippen LogP contribution in [0.25, 0.3) is 16.5 Å². The number of para-hydroxylation sites is 1. The van der Waals surface area contributed by atoms with Crippen molar-refractivity contribution < 1.29 is 4.39 Å². The summed E-state index contributed by atoms with van der Waals surface area (Å²) in [7, 11) is 2.12. The predicted molar refractivity (Wildman–Crippen MR) is 135 cm³/mol. The maximum Gasteiger partial charge on any atom is 0.165 e. The number of nitrogens with zero attached hydrogens (tertiary/aromatic N) is 5. The van der Waals surface area contributed by atoms with E-state index in [4.69, 9.17) is 4.98 Å². The maximum absolute atomic E-state index is 13.7. The number of aromatic nitrogens is 3. The Morgan fingerprint density at radius 2 is 2.03 bits per heavy atom. The summed E-state index contributed by atoms with van der Waals surface area (Å²) in [5.41, 5.74) is 2.87. The highest BCUT2D eigenvalue weighted by molar-refractivity contribution is 5.83. The van der Waals surface area contributed by atoms with Crippen LogP contribution in [0.3, 0.4) is 0 Å². The molecule has 4 rings (SSSR count). The van der Waals surface area contributed by atoms with Gasteiger partial charge in [-0.15, -0.1) is 0 Å². The van der Waals surface area contributed by atoms with Gasteiger partial charge in [-0.05, 0) is 44.8 Å². The number of anilines is 2. The molecule has 8 heteroatoms. The third-order valence-electron chi connectivity index (χ3n) is 5.76. The standard InChI is InChI=1S/C25H30FN7/c1-18(26)14-20(16-27-2)25-30-23(15-24(31-25)33-12-10-32(3)11-13-33)28-9-8-19-17-29-22-7-5-4-6-21(19)22/h4-7,14-17,29H,2,8-13H2,1,3H3,(H,28,30,31)/b18-14+,20-16+. The molecule has 2 N–H and O–H groups in total. The minimum Gasteiger partial charge on any atom is -0.370 e. The largest absolute Gasteiger partial charge is 0.370 e. The summed E-state index contributed by atoms with van der Waals surface area (Å²) in [4.78, 5) is 21.1. The topological polar surface area (TPSA) is 72.4 Å². The van der Waals surface area contributed by atoms with E-state index in [2.05, 4.69) is 62.2 Å². The maximum atomic E-state index is 13.7. The number of hydrogen-bond donors (Lipinski definition) is 2. The molecule has 2 aromatic heterocycles. The highest BCUT2D eigenvalue weighted by atomic mass is 19.1. The second kappa shape index (κ2) is 10.4. The lowest BCUT2D eigenvalue weighted by Crippen LogP contribution is -2.44. The van der Waals surface area contributed by atoms with Gasteiger partial charge in [0.15, 0.2) is 5.82 Å². The summed E-state index contributed by atoms with van der Waals surface area (Å²) < 4.78 is 13.7. The fourth-order valence-electron chi connectivity index (χ4n) is 3.99. The molecule has 0 atom stereocenters. The third-order valence-corrected chi connectivity index (χ3v) is 5.76. The smallest absolute Gasteiger partial charge is 0.165 e. The predicted octanol–water partition coefficient (Wildman–Crippen LogP) is 4.28. The highest BCUT2D eigenvalue weighted by Gasteiger charge is 2.18. The summed E-state index contributed by atoms with van der Waals surface area (Å²) >= 11 is 0. The van der Waals surface area contributed by atoms with Crippen LogP contribution in [0.15, 0.2) is 59.6 Å². The summed E-state index contributed by atoms with van der Waals surface area (Å²) in [6.07, 6.45) is 5.77. The second-order valence-electron chi connectivity index (χ2n) is 8.26. The first-order valence-electron chi connectivity index (χ1n) is 11.1. The normalized spacial score (nSPS) is 15.8. The van der Waals surface area contributed by atoms with Gasteiger partial charge in [0.2, 0.25) is 0 Å². The van der Waals surface area contributed by atoms with Gasteiger partial charge < -0.3 is 20.1 Å². The van der Waals surface area contributed by atoms with E-state index in [1.807, 2.05) is 18.2 Å². The van der Waals surface area contributed by atoms with E-state index in [1.165, 1.54) is 30.1 Å². The molecule has 172 valence electrons. The SMILES string of the molecule is C=N/C=C(\C=C(/C)F)c1nc(NCCc2c[nH]c3ccccc23)cc(N2CCN(C)CC2)n1. The van der Waals surface area contributed by atoms with Crippen molar-refractivity contribution in [2.75, 3.05) is 50.0 Å². The Morgan fingerprint density at radius 3 is 2.79 bits per heavy atom. The summed E-state index contributed by atoms with van der Waals surface area (Å²) in [5, 5.41) is 4.66. The molecule has 0 saturated carbocycles. The lowest BCUT2D eigenvalue weighted by atomic mass is 10.1. The van der Waals surface area contributed by atoms with E-state index < -0.39 is 0 Å². The molecule has 0 radical (unpaired) electrons. The van der Waals surface area contributed by atoms with Crippen LogP contribution in [0.1, 0.15) is 18.3 Å². The number of likely N-dealkylation sites (N-methyl/N-ethyl adjacent to an activating group) is 1. The van der Waals surface area contributed by atoms with Gasteiger partial charge >= 0.3 is 0 Å². The molecule has 1 fully saturated rings. The monoisotopic (exact) mass is 447 g/mol. The van der Waals surface area contributed by atoms with Crippen LogP contribution in [0, 0.1) is 0 Å². The van der Waals surface area contributed by atoms with Crippen LogP contribution >= 0.6 is 0 Å². The minimum absolute atomic E-state index is 0.340. The molecule has 1 saturated heterocycles. The molecular weight excluding hydrogens is 417 g/mol. The summed E-state index contributed by atoms with van der Waals surface area (Å²) in [6.45, 7) is 9.28. The van der Waals surface area contributed by atoms with Crippen molar-refractivity contribution in [2.45, 2.75) is 13.3 Å². The van der Waals surface area contributed by atoms with Crippen molar-refractivity contribution >= 4 is 34.8 Å². The zero-order chi connectivity index (χ0) is 23.2. The van der Waals surface area contributed by atoms with Crippen molar-refractivity contribution in [1.82, 2.24) is 19.9 Å². The number of fused-ring (bicyclic) bond motifs is 1. The Labute approximate surface area is 193 Å². The van der Waals surface area contributed by atoms with Crippen LogP contribution < -0.4 is 10.2 Å². The first-order chi connectivity index (χ1) is 16.0. The Balaban J connectivity index is 1.58. The van der Waals surface area contributed by atoms with Gasteiger partial charge in [0, 0.05) is 67.7 Å². The zero-order valence-corrected chi connectivity index (χ0v) is 19.2. The quantitative estimate of drug-likeness (QED) is 0.398. The number of rotatable bonds is 8. The second-order valence-corrected chi connectivity index (χ2v) is 8.26. The average Bonchev–Trinajstić information content (AvgIpc) is 3.22. The number of nitrogens with one attached hydrogen (secondary N) is 2. The fraction of sp³-hybridized carbons (Fsp3) is 0.320. The molecule has 33 heavy (non-hydrogen) atoms. The average molecular weight is 448 g/mol. The van der Waals surface area contributed by atoms with E-state index in [-0.39, 0.29) is 5.83 Å². The lowest BCUT2D eigenvalue weighted by molar-refractivity contribution is 0.312. The third kappa shape index (κ3) is 5.64. The van der Waals surface area contributed by atoms with E-state index in [9.17, 15) is 4.39 Å². The highest BCUT2D eigenvalue weighted by Crippen LogP contribution is 2.24. The molecule has 1 aliphatic rings. The van der Waals surface area contributed by atoms with E-state index >= 15 is 0 Å². The molecular formula is C25H30FN7.